The van der Waals surface area contributed by atoms with E-state index in [1.165, 1.54) is 27.8 Å². The van der Waals surface area contributed by atoms with Crippen molar-refractivity contribution in [2.45, 2.75) is 38.5 Å². The maximum absolute atomic E-state index is 14.9. The van der Waals surface area contributed by atoms with E-state index in [-0.39, 0.29) is 23.2 Å². The highest BCUT2D eigenvalue weighted by Gasteiger charge is 2.35. The number of thiophene rings is 1. The highest BCUT2D eigenvalue weighted by Crippen LogP contribution is 2.42. The smallest absolute Gasteiger partial charge is 0.176 e. The Labute approximate surface area is 180 Å². The fourth-order valence-electron chi connectivity index (χ4n) is 4.30. The molecular formula is C21H20F2N4OS2. The van der Waals surface area contributed by atoms with Crippen molar-refractivity contribution < 1.29 is 13.9 Å². The Bertz CT molecular complexity index is 1240. The molecule has 2 N–H and O–H groups in total. The standard InChI is InChI=1S/C21H20F2N4OS2/c1-10-12(4-6-27(10)11(2)28)16-7-13-15(3-5-24-21(13)30-16)26-19-14(22)8-17-20(18(19)23)25-9-29-17/h3,5,7-12,28H,4,6H2,1-2H3,(H,24,26). The molecule has 0 spiro atoms. The first-order valence-electron chi connectivity index (χ1n) is 9.74. The Morgan fingerprint density at radius 2 is 2.13 bits per heavy atom. The number of rotatable bonds is 4. The van der Waals surface area contributed by atoms with E-state index < -0.39 is 17.9 Å². The predicted octanol–water partition coefficient (Wildman–Crippen LogP) is 5.44. The van der Waals surface area contributed by atoms with Crippen LogP contribution in [0.15, 0.2) is 29.9 Å². The van der Waals surface area contributed by atoms with Gasteiger partial charge in [0.15, 0.2) is 11.6 Å². The molecule has 156 valence electrons. The molecule has 4 aromatic rings. The lowest BCUT2D eigenvalue weighted by Crippen LogP contribution is -2.36. The van der Waals surface area contributed by atoms with E-state index in [9.17, 15) is 13.9 Å². The zero-order chi connectivity index (χ0) is 21.0. The monoisotopic (exact) mass is 446 g/mol. The molecule has 3 unspecified atom stereocenters. The van der Waals surface area contributed by atoms with Crippen LogP contribution in [0.3, 0.4) is 0 Å². The molecule has 4 heterocycles. The van der Waals surface area contributed by atoms with E-state index in [4.69, 9.17) is 0 Å². The number of pyridine rings is 1. The number of aliphatic hydroxyl groups is 1. The van der Waals surface area contributed by atoms with Crippen molar-refractivity contribution in [3.05, 3.63) is 46.4 Å². The number of likely N-dealkylation sites (tertiary alicyclic amines) is 1. The Kier molecular flexibility index (Phi) is 4.93. The highest BCUT2D eigenvalue weighted by molar-refractivity contribution is 7.18. The van der Waals surface area contributed by atoms with Gasteiger partial charge in [0.05, 0.1) is 15.9 Å². The lowest BCUT2D eigenvalue weighted by Gasteiger charge is -2.26. The van der Waals surface area contributed by atoms with Gasteiger partial charge in [-0.25, -0.2) is 18.7 Å². The summed E-state index contributed by atoms with van der Waals surface area (Å²) in [7, 11) is 0. The van der Waals surface area contributed by atoms with Crippen LogP contribution >= 0.6 is 22.7 Å². The molecule has 0 amide bonds. The molecule has 9 heteroatoms. The molecule has 0 aliphatic carbocycles. The second-order valence-corrected chi connectivity index (χ2v) is 9.55. The lowest BCUT2D eigenvalue weighted by molar-refractivity contribution is 0.0124. The molecule has 1 fully saturated rings. The minimum atomic E-state index is -0.691. The summed E-state index contributed by atoms with van der Waals surface area (Å²) in [6.45, 7) is 4.74. The summed E-state index contributed by atoms with van der Waals surface area (Å²) in [5, 5.41) is 13.7. The van der Waals surface area contributed by atoms with E-state index in [0.717, 1.165) is 23.2 Å². The molecule has 1 aromatic carbocycles. The maximum atomic E-state index is 14.9. The average molecular weight is 447 g/mol. The van der Waals surface area contributed by atoms with E-state index in [0.29, 0.717) is 10.4 Å². The first-order valence-corrected chi connectivity index (χ1v) is 11.4. The van der Waals surface area contributed by atoms with E-state index in [2.05, 4.69) is 33.2 Å². The summed E-state index contributed by atoms with van der Waals surface area (Å²) >= 11 is 2.80. The number of nitrogens with zero attached hydrogens (tertiary/aromatic N) is 3. The summed E-state index contributed by atoms with van der Waals surface area (Å²) in [6.07, 6.45) is 2.11. The number of anilines is 2. The molecule has 3 atom stereocenters. The van der Waals surface area contributed by atoms with Gasteiger partial charge < -0.3 is 10.4 Å². The molecule has 0 bridgehead atoms. The average Bonchev–Trinajstić information content (AvgIpc) is 3.42. The van der Waals surface area contributed by atoms with Crippen molar-refractivity contribution in [2.75, 3.05) is 11.9 Å². The van der Waals surface area contributed by atoms with Gasteiger partial charge in [0.25, 0.3) is 0 Å². The number of halogens is 2. The van der Waals surface area contributed by atoms with Crippen LogP contribution in [-0.2, 0) is 0 Å². The van der Waals surface area contributed by atoms with Crippen LogP contribution in [0, 0.1) is 11.6 Å². The van der Waals surface area contributed by atoms with Crippen molar-refractivity contribution in [2.24, 2.45) is 0 Å². The number of benzene rings is 1. The van der Waals surface area contributed by atoms with Gasteiger partial charge in [0.2, 0.25) is 0 Å². The number of thiazole rings is 1. The maximum Gasteiger partial charge on any atom is 0.176 e. The SMILES string of the molecule is CC(O)N1CCC(c2cc3c(Nc4c(F)cc5scnc5c4F)ccnc3s2)C1C. The van der Waals surface area contributed by atoms with Crippen LogP contribution in [0.1, 0.15) is 31.1 Å². The topological polar surface area (TPSA) is 61.3 Å². The van der Waals surface area contributed by atoms with Gasteiger partial charge in [-0.1, -0.05) is 0 Å². The molecule has 1 aliphatic rings. The quantitative estimate of drug-likeness (QED) is 0.437. The van der Waals surface area contributed by atoms with Gasteiger partial charge >= 0.3 is 0 Å². The summed E-state index contributed by atoms with van der Waals surface area (Å²) in [6, 6.07) is 5.29. The Hall–Kier alpha value is -2.20. The molecule has 1 saturated heterocycles. The van der Waals surface area contributed by atoms with Crippen LogP contribution in [0.5, 0.6) is 0 Å². The summed E-state index contributed by atoms with van der Waals surface area (Å²) in [5.74, 6) is -1.06. The number of hydrogen-bond donors (Lipinski definition) is 2. The fraction of sp³-hybridized carbons (Fsp3) is 0.333. The molecule has 5 rings (SSSR count). The van der Waals surface area contributed by atoms with Crippen LogP contribution in [0.4, 0.5) is 20.2 Å². The molecule has 3 aromatic heterocycles. The molecule has 30 heavy (non-hydrogen) atoms. The molecular weight excluding hydrogens is 426 g/mol. The predicted molar refractivity (Wildman–Crippen MR) is 118 cm³/mol. The second kappa shape index (κ2) is 7.49. The fourth-order valence-corrected chi connectivity index (χ4v) is 6.26. The van der Waals surface area contributed by atoms with Crippen LogP contribution in [-0.4, -0.2) is 38.8 Å². The number of aliphatic hydroxyl groups excluding tert-OH is 1. The summed E-state index contributed by atoms with van der Waals surface area (Å²) in [4.78, 5) is 12.5. The normalized spacial score (nSPS) is 21.0. The van der Waals surface area contributed by atoms with E-state index in [1.807, 2.05) is 0 Å². The van der Waals surface area contributed by atoms with E-state index in [1.54, 1.807) is 30.5 Å². The third-order valence-electron chi connectivity index (χ3n) is 5.88. The minimum Gasteiger partial charge on any atom is -0.379 e. The number of hydrogen-bond acceptors (Lipinski definition) is 7. The van der Waals surface area contributed by atoms with Crippen molar-refractivity contribution in [1.29, 1.82) is 0 Å². The molecule has 0 saturated carbocycles. The Balaban J connectivity index is 1.53. The van der Waals surface area contributed by atoms with E-state index >= 15 is 0 Å². The third kappa shape index (κ3) is 3.17. The summed E-state index contributed by atoms with van der Waals surface area (Å²) in [5.41, 5.74) is 2.07. The Morgan fingerprint density at radius 1 is 1.30 bits per heavy atom. The first kappa shape index (κ1) is 19.7. The third-order valence-corrected chi connectivity index (χ3v) is 7.83. The zero-order valence-electron chi connectivity index (χ0n) is 16.4. The van der Waals surface area contributed by atoms with Gasteiger partial charge in [0.1, 0.15) is 22.3 Å². The van der Waals surface area contributed by atoms with Gasteiger partial charge in [-0.05, 0) is 38.5 Å². The minimum absolute atomic E-state index is 0.165. The zero-order valence-corrected chi connectivity index (χ0v) is 18.0. The van der Waals surface area contributed by atoms with Crippen molar-refractivity contribution in [3.8, 4) is 0 Å². The second-order valence-electron chi connectivity index (χ2n) is 7.60. The lowest BCUT2D eigenvalue weighted by atomic mass is 9.99. The van der Waals surface area contributed by atoms with Crippen molar-refractivity contribution in [1.82, 2.24) is 14.9 Å². The summed E-state index contributed by atoms with van der Waals surface area (Å²) < 4.78 is 29.9. The van der Waals surface area contributed by atoms with Crippen molar-refractivity contribution in [3.63, 3.8) is 0 Å². The highest BCUT2D eigenvalue weighted by atomic mass is 32.1. The van der Waals surface area contributed by atoms with Gasteiger partial charge in [-0.3, -0.25) is 4.90 Å². The van der Waals surface area contributed by atoms with Gasteiger partial charge in [-0.2, -0.15) is 0 Å². The van der Waals surface area contributed by atoms with Gasteiger partial charge in [-0.15, -0.1) is 22.7 Å². The number of aromatic nitrogens is 2. The van der Waals surface area contributed by atoms with Crippen molar-refractivity contribution >= 4 is 54.5 Å². The number of nitrogens with one attached hydrogen (secondary N) is 1. The molecule has 1 aliphatic heterocycles. The Morgan fingerprint density at radius 3 is 2.90 bits per heavy atom. The van der Waals surface area contributed by atoms with Crippen LogP contribution in [0.2, 0.25) is 0 Å². The molecule has 5 nitrogen and oxygen atoms in total. The number of fused-ring (bicyclic) bond motifs is 2. The largest absolute Gasteiger partial charge is 0.379 e. The van der Waals surface area contributed by atoms with Crippen LogP contribution < -0.4 is 5.32 Å². The van der Waals surface area contributed by atoms with Gasteiger partial charge in [0, 0.05) is 35.0 Å². The molecule has 0 radical (unpaired) electrons. The van der Waals surface area contributed by atoms with Crippen LogP contribution in [0.25, 0.3) is 20.4 Å². The first-order chi connectivity index (χ1) is 14.4.